The summed E-state index contributed by atoms with van der Waals surface area (Å²) in [4.78, 5) is 0. The molecule has 0 aromatic heterocycles. The van der Waals surface area contributed by atoms with Crippen molar-refractivity contribution in [3.63, 3.8) is 0 Å². The number of hydrogen-bond acceptors (Lipinski definition) is 0. The van der Waals surface area contributed by atoms with Crippen LogP contribution in [0.4, 0.5) is 0 Å². The molecule has 0 unspecified atom stereocenters. The molecular weight excluding hydrogens is 308 g/mol. The SMILES string of the molecule is C=C.CCCC[N-]C1C=CC=C1.[Cl-].[Cl-].[Zr+3]. The normalized spacial score (nSPS) is 11.5. The van der Waals surface area contributed by atoms with Gasteiger partial charge in [-0.1, -0.05) is 50.1 Å². The molecule has 0 saturated carbocycles. The van der Waals surface area contributed by atoms with Crippen LogP contribution in [0.15, 0.2) is 37.5 Å². The Morgan fingerprint density at radius 1 is 1.13 bits per heavy atom. The van der Waals surface area contributed by atoms with E-state index < -0.39 is 0 Å². The first kappa shape index (κ1) is 24.7. The van der Waals surface area contributed by atoms with Crippen molar-refractivity contribution in [2.45, 2.75) is 25.8 Å². The van der Waals surface area contributed by atoms with Crippen molar-refractivity contribution in [1.82, 2.24) is 0 Å². The molecule has 1 aliphatic carbocycles. The summed E-state index contributed by atoms with van der Waals surface area (Å²) < 4.78 is 0. The zero-order chi connectivity index (χ0) is 9.23. The van der Waals surface area contributed by atoms with Crippen LogP contribution in [-0.2, 0) is 26.2 Å². The quantitative estimate of drug-likeness (QED) is 0.399. The molecule has 0 atom stereocenters. The van der Waals surface area contributed by atoms with Crippen LogP contribution in [0.1, 0.15) is 19.8 Å². The minimum absolute atomic E-state index is 0. The van der Waals surface area contributed by atoms with Gasteiger partial charge in [-0.3, -0.25) is 0 Å². The summed E-state index contributed by atoms with van der Waals surface area (Å²) in [7, 11) is 0. The number of allylic oxidation sites excluding steroid dienone is 2. The van der Waals surface area contributed by atoms with Crippen LogP contribution in [-0.4, -0.2) is 12.6 Å². The van der Waals surface area contributed by atoms with Crippen molar-refractivity contribution in [2.75, 3.05) is 6.54 Å². The average molecular weight is 326 g/mol. The van der Waals surface area contributed by atoms with E-state index in [1.807, 2.05) is 0 Å². The number of halogens is 2. The van der Waals surface area contributed by atoms with Gasteiger partial charge in [0.2, 0.25) is 0 Å². The van der Waals surface area contributed by atoms with E-state index in [4.69, 9.17) is 0 Å². The van der Waals surface area contributed by atoms with Crippen LogP contribution in [0.2, 0.25) is 0 Å². The summed E-state index contributed by atoms with van der Waals surface area (Å²) in [5.74, 6) is 0. The van der Waals surface area contributed by atoms with E-state index in [0.717, 1.165) is 6.54 Å². The van der Waals surface area contributed by atoms with Crippen molar-refractivity contribution in [2.24, 2.45) is 0 Å². The summed E-state index contributed by atoms with van der Waals surface area (Å²) in [6.07, 6.45) is 10.8. The molecule has 0 spiro atoms. The number of nitrogens with zero attached hydrogens (tertiary/aromatic N) is 1. The van der Waals surface area contributed by atoms with Gasteiger partial charge < -0.3 is 30.1 Å². The minimum atomic E-state index is 0. The van der Waals surface area contributed by atoms with Crippen molar-refractivity contribution in [3.05, 3.63) is 42.8 Å². The van der Waals surface area contributed by atoms with E-state index in [0.29, 0.717) is 6.04 Å². The Morgan fingerprint density at radius 3 is 2.00 bits per heavy atom. The topological polar surface area (TPSA) is 14.1 Å². The van der Waals surface area contributed by atoms with Gasteiger partial charge in [0.05, 0.1) is 0 Å². The van der Waals surface area contributed by atoms with E-state index in [1.165, 1.54) is 12.8 Å². The average Bonchev–Trinajstić information content (AvgIpc) is 2.61. The molecule has 1 rings (SSSR count). The molecule has 0 saturated heterocycles. The van der Waals surface area contributed by atoms with Gasteiger partial charge >= 0.3 is 26.2 Å². The fraction of sp³-hybridized carbons (Fsp3) is 0.455. The Hall–Kier alpha value is 0.643. The van der Waals surface area contributed by atoms with Gasteiger partial charge in [0.25, 0.3) is 0 Å². The Kier molecular flexibility index (Phi) is 33.2. The Morgan fingerprint density at radius 2 is 1.60 bits per heavy atom. The Labute approximate surface area is 125 Å². The van der Waals surface area contributed by atoms with E-state index in [9.17, 15) is 0 Å². The van der Waals surface area contributed by atoms with Crippen LogP contribution >= 0.6 is 0 Å². The summed E-state index contributed by atoms with van der Waals surface area (Å²) in [5, 5.41) is 4.44. The van der Waals surface area contributed by atoms with Crippen molar-refractivity contribution < 1.29 is 51.0 Å². The molecule has 0 fully saturated rings. The summed E-state index contributed by atoms with van der Waals surface area (Å²) in [6.45, 7) is 9.20. The second-order valence-corrected chi connectivity index (χ2v) is 2.52. The summed E-state index contributed by atoms with van der Waals surface area (Å²) >= 11 is 0. The molecule has 1 aliphatic rings. The fourth-order valence-corrected chi connectivity index (χ4v) is 0.940. The summed E-state index contributed by atoms with van der Waals surface area (Å²) in [6, 6.07) is 0.381. The third-order valence-corrected chi connectivity index (χ3v) is 1.58. The first-order chi connectivity index (χ1) is 5.93. The third kappa shape index (κ3) is 14.6. The largest absolute Gasteiger partial charge is 3.00 e. The van der Waals surface area contributed by atoms with Gasteiger partial charge in [-0.25, -0.2) is 0 Å². The second-order valence-electron chi connectivity index (χ2n) is 2.52. The van der Waals surface area contributed by atoms with Crippen LogP contribution in [0.25, 0.3) is 5.32 Å². The van der Waals surface area contributed by atoms with E-state index in [-0.39, 0.29) is 51.0 Å². The first-order valence-corrected chi connectivity index (χ1v) is 4.45. The van der Waals surface area contributed by atoms with Crippen molar-refractivity contribution in [3.8, 4) is 0 Å². The van der Waals surface area contributed by atoms with Gasteiger partial charge in [0, 0.05) is 0 Å². The van der Waals surface area contributed by atoms with Gasteiger partial charge in [0.1, 0.15) is 0 Å². The second kappa shape index (κ2) is 20.1. The maximum atomic E-state index is 4.44. The molecular formula is C11H18Cl2NZr. The molecule has 4 heteroatoms. The number of unbranched alkanes of at least 4 members (excludes halogenated alkanes) is 1. The van der Waals surface area contributed by atoms with Crippen molar-refractivity contribution in [1.29, 1.82) is 0 Å². The molecule has 0 amide bonds. The molecule has 0 N–H and O–H groups in total. The fourth-order valence-electron chi connectivity index (χ4n) is 0.940. The van der Waals surface area contributed by atoms with Gasteiger partial charge in [-0.15, -0.1) is 19.7 Å². The van der Waals surface area contributed by atoms with E-state index in [1.54, 1.807) is 0 Å². The molecule has 0 aliphatic heterocycles. The first-order valence-electron chi connectivity index (χ1n) is 4.45. The molecule has 15 heavy (non-hydrogen) atoms. The minimum Gasteiger partial charge on any atom is -1.00 e. The predicted molar refractivity (Wildman–Crippen MR) is 56.5 cm³/mol. The molecule has 0 heterocycles. The monoisotopic (exact) mass is 324 g/mol. The molecule has 1 nitrogen and oxygen atoms in total. The van der Waals surface area contributed by atoms with Crippen molar-refractivity contribution >= 4 is 0 Å². The van der Waals surface area contributed by atoms with Gasteiger partial charge in [0.15, 0.2) is 0 Å². The molecule has 0 bridgehead atoms. The smallest absolute Gasteiger partial charge is 1.00 e. The maximum Gasteiger partial charge on any atom is 3.00 e. The van der Waals surface area contributed by atoms with Crippen LogP contribution in [0.5, 0.6) is 0 Å². The Bertz CT molecular complexity index is 149. The summed E-state index contributed by atoms with van der Waals surface area (Å²) in [5.41, 5.74) is 0. The third-order valence-electron chi connectivity index (χ3n) is 1.58. The molecule has 1 radical (unpaired) electrons. The van der Waals surface area contributed by atoms with Crippen LogP contribution in [0, 0.1) is 0 Å². The molecule has 85 valence electrons. The van der Waals surface area contributed by atoms with E-state index in [2.05, 4.69) is 49.7 Å². The molecule has 0 aromatic rings. The standard InChI is InChI=1S/C9H14N.C2H4.2ClH.Zr/c1-2-3-8-10-9-6-4-5-7-9;1-2;;;/h4-7,9H,2-3,8H2,1H3;1-2H2;2*1H;/q-1;;;;+3/p-2. The van der Waals surface area contributed by atoms with Crippen LogP contribution < -0.4 is 24.8 Å². The Balaban J connectivity index is -0.000000114. The predicted octanol–water partition coefficient (Wildman–Crippen LogP) is -2.54. The van der Waals surface area contributed by atoms with Gasteiger partial charge in [-0.05, 0) is 0 Å². The zero-order valence-electron chi connectivity index (χ0n) is 9.13. The van der Waals surface area contributed by atoms with Crippen LogP contribution in [0.3, 0.4) is 0 Å². The molecule has 0 aromatic carbocycles. The number of rotatable bonds is 4. The zero-order valence-corrected chi connectivity index (χ0v) is 13.1. The number of hydrogen-bond donors (Lipinski definition) is 0. The van der Waals surface area contributed by atoms with E-state index >= 15 is 0 Å². The van der Waals surface area contributed by atoms with Gasteiger partial charge in [-0.2, -0.15) is 0 Å². The maximum absolute atomic E-state index is 4.44.